The van der Waals surface area contributed by atoms with Crippen LogP contribution < -0.4 is 4.90 Å². The first-order valence-corrected chi connectivity index (χ1v) is 12.8. The van der Waals surface area contributed by atoms with Crippen molar-refractivity contribution in [2.45, 2.75) is 64.9 Å². The zero-order valence-corrected chi connectivity index (χ0v) is 21.0. The minimum Gasteiger partial charge on any atom is -0.444 e. The third kappa shape index (κ3) is 6.20. The van der Waals surface area contributed by atoms with Crippen molar-refractivity contribution in [1.29, 1.82) is 0 Å². The number of hydrogen-bond acceptors (Lipinski definition) is 6. The molecule has 8 heteroatoms. The molecule has 0 atom stereocenters. The molecule has 3 fully saturated rings. The molecule has 0 radical (unpaired) electrons. The molecule has 0 unspecified atom stereocenters. The van der Waals surface area contributed by atoms with Crippen LogP contribution in [-0.4, -0.2) is 72.2 Å². The molecule has 188 valence electrons. The van der Waals surface area contributed by atoms with Gasteiger partial charge in [-0.05, 0) is 82.8 Å². The summed E-state index contributed by atoms with van der Waals surface area (Å²) >= 11 is 0. The topological polar surface area (TPSA) is 79.2 Å². The van der Waals surface area contributed by atoms with Crippen molar-refractivity contribution in [2.75, 3.05) is 50.7 Å². The molecule has 1 aliphatic carbocycles. The molecule has 1 aromatic rings. The number of carbonyl (C=O) groups is 1. The fourth-order valence-electron chi connectivity index (χ4n) is 5.80. The van der Waals surface area contributed by atoms with Crippen LogP contribution in [0.5, 0.6) is 0 Å². The Bertz CT molecular complexity index is 841. The van der Waals surface area contributed by atoms with Crippen LogP contribution in [0, 0.1) is 21.4 Å². The number of rotatable bonds is 4. The van der Waals surface area contributed by atoms with E-state index in [0.29, 0.717) is 5.41 Å². The quantitative estimate of drug-likeness (QED) is 0.457. The van der Waals surface area contributed by atoms with Gasteiger partial charge in [0.2, 0.25) is 0 Å². The molecule has 1 saturated carbocycles. The number of amides is 1. The summed E-state index contributed by atoms with van der Waals surface area (Å²) < 4.78 is 5.56. The van der Waals surface area contributed by atoms with E-state index in [0.717, 1.165) is 63.7 Å². The number of hydrogen-bond donors (Lipinski definition) is 0. The van der Waals surface area contributed by atoms with Crippen LogP contribution in [-0.2, 0) is 4.74 Å². The SMILES string of the molecule is CC(C)(C)OC(=O)N1CCC2(CCC(CN3CCN(c4ccc([N+](=O)[O-])cc4)CC3)CC2)CC1. The average molecular weight is 473 g/mol. The lowest BCUT2D eigenvalue weighted by molar-refractivity contribution is -0.384. The van der Waals surface area contributed by atoms with Gasteiger partial charge in [0.25, 0.3) is 5.69 Å². The normalized spacial score (nSPS) is 22.1. The fraction of sp³-hybridized carbons (Fsp3) is 0.731. The number of nitro benzene ring substituents is 1. The average Bonchev–Trinajstić information content (AvgIpc) is 2.81. The van der Waals surface area contributed by atoms with Gasteiger partial charge in [-0.3, -0.25) is 15.0 Å². The predicted molar refractivity (Wildman–Crippen MR) is 133 cm³/mol. The highest BCUT2D eigenvalue weighted by molar-refractivity contribution is 5.68. The van der Waals surface area contributed by atoms with E-state index in [1.807, 2.05) is 37.8 Å². The van der Waals surface area contributed by atoms with Gasteiger partial charge in [-0.1, -0.05) is 0 Å². The molecular formula is C26H40N4O4. The Kier molecular flexibility index (Phi) is 7.36. The Morgan fingerprint density at radius 2 is 1.59 bits per heavy atom. The summed E-state index contributed by atoms with van der Waals surface area (Å²) in [5.41, 5.74) is 1.21. The second kappa shape index (κ2) is 10.1. The molecule has 3 aliphatic rings. The fourth-order valence-corrected chi connectivity index (χ4v) is 5.80. The standard InChI is InChI=1S/C26H40N4O4/c1-25(2,3)34-24(31)29-14-12-26(13-15-29)10-8-21(9-11-26)20-27-16-18-28(19-17-27)22-4-6-23(7-5-22)30(32)33/h4-7,21H,8-20H2,1-3H3. The monoisotopic (exact) mass is 472 g/mol. The van der Waals surface area contributed by atoms with Crippen LogP contribution in [0.15, 0.2) is 24.3 Å². The van der Waals surface area contributed by atoms with Gasteiger partial charge >= 0.3 is 6.09 Å². The van der Waals surface area contributed by atoms with Crippen LogP contribution in [0.3, 0.4) is 0 Å². The van der Waals surface area contributed by atoms with Crippen molar-refractivity contribution in [1.82, 2.24) is 9.80 Å². The number of likely N-dealkylation sites (tertiary alicyclic amines) is 1. The van der Waals surface area contributed by atoms with E-state index in [4.69, 9.17) is 4.74 Å². The summed E-state index contributed by atoms with van der Waals surface area (Å²) in [6.45, 7) is 12.6. The van der Waals surface area contributed by atoms with Gasteiger partial charge in [0, 0.05) is 63.6 Å². The Hall–Kier alpha value is -2.35. The number of benzene rings is 1. The molecule has 34 heavy (non-hydrogen) atoms. The largest absolute Gasteiger partial charge is 0.444 e. The van der Waals surface area contributed by atoms with Crippen molar-refractivity contribution in [3.8, 4) is 0 Å². The number of ether oxygens (including phenoxy) is 1. The summed E-state index contributed by atoms with van der Waals surface area (Å²) in [5.74, 6) is 0.764. The predicted octanol–water partition coefficient (Wildman–Crippen LogP) is 4.92. The Morgan fingerprint density at radius 3 is 2.12 bits per heavy atom. The molecule has 2 aliphatic heterocycles. The van der Waals surface area contributed by atoms with E-state index in [9.17, 15) is 14.9 Å². The maximum atomic E-state index is 12.4. The Labute approximate surface area is 203 Å². The molecular weight excluding hydrogens is 432 g/mol. The van der Waals surface area contributed by atoms with Gasteiger partial charge in [0.05, 0.1) is 4.92 Å². The molecule has 8 nitrogen and oxygen atoms in total. The van der Waals surface area contributed by atoms with E-state index in [-0.39, 0.29) is 16.7 Å². The highest BCUT2D eigenvalue weighted by Crippen LogP contribution is 2.46. The maximum absolute atomic E-state index is 12.4. The van der Waals surface area contributed by atoms with Crippen molar-refractivity contribution in [3.63, 3.8) is 0 Å². The molecule has 0 bridgehead atoms. The lowest BCUT2D eigenvalue weighted by Crippen LogP contribution is -2.49. The van der Waals surface area contributed by atoms with E-state index in [1.54, 1.807) is 12.1 Å². The van der Waals surface area contributed by atoms with Gasteiger partial charge in [-0.25, -0.2) is 4.79 Å². The second-order valence-corrected chi connectivity index (χ2v) is 11.5. The van der Waals surface area contributed by atoms with Crippen LogP contribution in [0.1, 0.15) is 59.3 Å². The number of non-ortho nitro benzene ring substituents is 1. The smallest absolute Gasteiger partial charge is 0.410 e. The van der Waals surface area contributed by atoms with Crippen molar-refractivity contribution < 1.29 is 14.5 Å². The maximum Gasteiger partial charge on any atom is 0.410 e. The minimum absolute atomic E-state index is 0.146. The first-order chi connectivity index (χ1) is 16.1. The van der Waals surface area contributed by atoms with Crippen molar-refractivity contribution >= 4 is 17.5 Å². The minimum atomic E-state index is -0.433. The van der Waals surface area contributed by atoms with Crippen LogP contribution in [0.25, 0.3) is 0 Å². The Balaban J connectivity index is 1.17. The summed E-state index contributed by atoms with van der Waals surface area (Å²) in [6, 6.07) is 6.92. The summed E-state index contributed by atoms with van der Waals surface area (Å²) in [5, 5.41) is 10.9. The first kappa shape index (κ1) is 24.8. The second-order valence-electron chi connectivity index (χ2n) is 11.5. The first-order valence-electron chi connectivity index (χ1n) is 12.8. The molecule has 1 spiro atoms. The third-order valence-electron chi connectivity index (χ3n) is 7.96. The van der Waals surface area contributed by atoms with Crippen LogP contribution in [0.2, 0.25) is 0 Å². The van der Waals surface area contributed by atoms with E-state index in [1.165, 1.54) is 32.2 Å². The zero-order chi connectivity index (χ0) is 24.3. The highest BCUT2D eigenvalue weighted by atomic mass is 16.6. The lowest BCUT2D eigenvalue weighted by atomic mass is 9.65. The number of piperazine rings is 1. The molecule has 1 aromatic carbocycles. The highest BCUT2D eigenvalue weighted by Gasteiger charge is 2.40. The number of nitrogens with zero attached hydrogens (tertiary/aromatic N) is 4. The molecule has 4 rings (SSSR count). The lowest BCUT2D eigenvalue weighted by Gasteiger charge is -2.47. The van der Waals surface area contributed by atoms with E-state index >= 15 is 0 Å². The number of carbonyl (C=O) groups excluding carboxylic acids is 1. The van der Waals surface area contributed by atoms with E-state index in [2.05, 4.69) is 9.80 Å². The third-order valence-corrected chi connectivity index (χ3v) is 7.96. The number of piperidine rings is 1. The Morgan fingerprint density at radius 1 is 1.00 bits per heavy atom. The molecule has 0 aromatic heterocycles. The van der Waals surface area contributed by atoms with Crippen LogP contribution >= 0.6 is 0 Å². The van der Waals surface area contributed by atoms with Gasteiger partial charge in [0.15, 0.2) is 0 Å². The zero-order valence-electron chi connectivity index (χ0n) is 21.0. The van der Waals surface area contributed by atoms with Crippen molar-refractivity contribution in [2.24, 2.45) is 11.3 Å². The summed E-state index contributed by atoms with van der Waals surface area (Å²) in [4.78, 5) is 29.7. The summed E-state index contributed by atoms with van der Waals surface area (Å²) in [7, 11) is 0. The van der Waals surface area contributed by atoms with Gasteiger partial charge in [-0.2, -0.15) is 0 Å². The van der Waals surface area contributed by atoms with Crippen molar-refractivity contribution in [3.05, 3.63) is 34.4 Å². The van der Waals surface area contributed by atoms with Gasteiger partial charge in [0.1, 0.15) is 5.60 Å². The van der Waals surface area contributed by atoms with Gasteiger partial charge < -0.3 is 14.5 Å². The van der Waals surface area contributed by atoms with E-state index < -0.39 is 5.60 Å². The molecule has 0 N–H and O–H groups in total. The van der Waals surface area contributed by atoms with Gasteiger partial charge in [-0.15, -0.1) is 0 Å². The molecule has 1 amide bonds. The molecule has 2 saturated heterocycles. The summed E-state index contributed by atoms with van der Waals surface area (Å²) in [6.07, 6.45) is 7.18. The molecule has 2 heterocycles. The number of nitro groups is 1. The van der Waals surface area contributed by atoms with Crippen LogP contribution in [0.4, 0.5) is 16.2 Å². The number of anilines is 1.